The van der Waals surface area contributed by atoms with E-state index in [-0.39, 0.29) is 11.4 Å². The van der Waals surface area contributed by atoms with Crippen LogP contribution in [0.15, 0.2) is 24.3 Å². The lowest BCUT2D eigenvalue weighted by Crippen LogP contribution is -2.36. The fourth-order valence-electron chi connectivity index (χ4n) is 1.46. The van der Waals surface area contributed by atoms with Gasteiger partial charge >= 0.3 is 0 Å². The number of benzene rings is 1. The molecule has 16 heavy (non-hydrogen) atoms. The third-order valence-corrected chi connectivity index (χ3v) is 2.48. The van der Waals surface area contributed by atoms with Gasteiger partial charge in [0.1, 0.15) is 5.82 Å². The van der Waals surface area contributed by atoms with Gasteiger partial charge in [-0.25, -0.2) is 4.39 Å². The van der Waals surface area contributed by atoms with Crippen molar-refractivity contribution < 1.29 is 4.39 Å². The first-order chi connectivity index (χ1) is 7.49. The summed E-state index contributed by atoms with van der Waals surface area (Å²) in [6, 6.07) is 6.90. The largest absolute Gasteiger partial charge is 0.326 e. The lowest BCUT2D eigenvalue weighted by atomic mass is 10.0. The number of hydrogen-bond acceptors (Lipinski definition) is 2. The van der Waals surface area contributed by atoms with Crippen molar-refractivity contribution in [2.45, 2.75) is 32.2 Å². The van der Waals surface area contributed by atoms with Crippen molar-refractivity contribution in [3.63, 3.8) is 0 Å². The molecule has 0 amide bonds. The molecule has 0 bridgehead atoms. The van der Waals surface area contributed by atoms with Crippen LogP contribution in [-0.2, 0) is 6.42 Å². The Labute approximate surface area is 97.0 Å². The van der Waals surface area contributed by atoms with E-state index < -0.39 is 0 Å². The highest BCUT2D eigenvalue weighted by atomic mass is 19.1. The van der Waals surface area contributed by atoms with Crippen molar-refractivity contribution in [1.29, 1.82) is 0 Å². The van der Waals surface area contributed by atoms with Gasteiger partial charge in [0.25, 0.3) is 0 Å². The SMILES string of the molecule is CC(C)(N)CCNCCc1ccccc1F. The van der Waals surface area contributed by atoms with Gasteiger partial charge in [0.15, 0.2) is 0 Å². The van der Waals surface area contributed by atoms with Crippen molar-refractivity contribution in [2.24, 2.45) is 5.73 Å². The Balaban J connectivity index is 2.19. The van der Waals surface area contributed by atoms with Crippen LogP contribution in [0.3, 0.4) is 0 Å². The summed E-state index contributed by atoms with van der Waals surface area (Å²) in [5.41, 5.74) is 6.48. The molecule has 0 saturated heterocycles. The zero-order valence-corrected chi connectivity index (χ0v) is 10.1. The van der Waals surface area contributed by atoms with Crippen LogP contribution in [0.4, 0.5) is 4.39 Å². The predicted molar refractivity (Wildman–Crippen MR) is 65.9 cm³/mol. The average molecular weight is 224 g/mol. The predicted octanol–water partition coefficient (Wildman–Crippen LogP) is 2.09. The number of nitrogens with one attached hydrogen (secondary N) is 1. The zero-order chi connectivity index (χ0) is 12.0. The molecule has 0 fully saturated rings. The fraction of sp³-hybridized carbons (Fsp3) is 0.538. The van der Waals surface area contributed by atoms with E-state index in [2.05, 4.69) is 5.32 Å². The van der Waals surface area contributed by atoms with Gasteiger partial charge in [-0.3, -0.25) is 0 Å². The van der Waals surface area contributed by atoms with Crippen molar-refractivity contribution in [3.8, 4) is 0 Å². The topological polar surface area (TPSA) is 38.0 Å². The molecule has 0 atom stereocenters. The molecule has 0 aliphatic rings. The number of nitrogens with two attached hydrogens (primary N) is 1. The van der Waals surface area contributed by atoms with E-state index in [1.54, 1.807) is 6.07 Å². The molecule has 0 aliphatic heterocycles. The molecule has 90 valence electrons. The van der Waals surface area contributed by atoms with Crippen LogP contribution in [-0.4, -0.2) is 18.6 Å². The maximum Gasteiger partial charge on any atom is 0.126 e. The quantitative estimate of drug-likeness (QED) is 0.726. The normalized spacial score (nSPS) is 11.8. The summed E-state index contributed by atoms with van der Waals surface area (Å²) in [5, 5.41) is 3.27. The van der Waals surface area contributed by atoms with E-state index in [4.69, 9.17) is 5.73 Å². The van der Waals surface area contributed by atoms with Gasteiger partial charge in [0.05, 0.1) is 0 Å². The molecule has 0 saturated carbocycles. The van der Waals surface area contributed by atoms with E-state index in [0.29, 0.717) is 0 Å². The van der Waals surface area contributed by atoms with Gasteiger partial charge in [0, 0.05) is 5.54 Å². The molecule has 1 aromatic rings. The first kappa shape index (κ1) is 13.1. The number of rotatable bonds is 6. The molecule has 3 N–H and O–H groups in total. The second-order valence-electron chi connectivity index (χ2n) is 4.83. The zero-order valence-electron chi connectivity index (χ0n) is 10.1. The van der Waals surface area contributed by atoms with Gasteiger partial charge in [-0.2, -0.15) is 0 Å². The van der Waals surface area contributed by atoms with E-state index in [1.807, 2.05) is 26.0 Å². The molecule has 0 spiro atoms. The van der Waals surface area contributed by atoms with E-state index in [9.17, 15) is 4.39 Å². The molecule has 0 heterocycles. The van der Waals surface area contributed by atoms with Gasteiger partial charge in [0.2, 0.25) is 0 Å². The number of hydrogen-bond donors (Lipinski definition) is 2. The first-order valence-electron chi connectivity index (χ1n) is 5.72. The lowest BCUT2D eigenvalue weighted by molar-refractivity contribution is 0.455. The molecule has 0 aliphatic carbocycles. The van der Waals surface area contributed by atoms with Crippen molar-refractivity contribution >= 4 is 0 Å². The highest BCUT2D eigenvalue weighted by molar-refractivity contribution is 5.17. The van der Waals surface area contributed by atoms with Crippen molar-refractivity contribution in [2.75, 3.05) is 13.1 Å². The van der Waals surface area contributed by atoms with E-state index in [0.717, 1.165) is 31.5 Å². The average Bonchev–Trinajstić information content (AvgIpc) is 2.18. The molecule has 0 aromatic heterocycles. The van der Waals surface area contributed by atoms with Gasteiger partial charge in [-0.15, -0.1) is 0 Å². The molecule has 1 aromatic carbocycles. The van der Waals surface area contributed by atoms with Crippen LogP contribution in [0.1, 0.15) is 25.8 Å². The van der Waals surface area contributed by atoms with Crippen LogP contribution in [0, 0.1) is 5.82 Å². The third kappa shape index (κ3) is 5.24. The maximum atomic E-state index is 13.2. The number of halogens is 1. The molecule has 1 rings (SSSR count). The molecule has 0 unspecified atom stereocenters. The minimum absolute atomic E-state index is 0.122. The highest BCUT2D eigenvalue weighted by Crippen LogP contribution is 2.06. The van der Waals surface area contributed by atoms with Crippen molar-refractivity contribution in [1.82, 2.24) is 5.32 Å². The third-order valence-electron chi connectivity index (χ3n) is 2.48. The Morgan fingerprint density at radius 2 is 1.94 bits per heavy atom. The standard InChI is InChI=1S/C13H21FN2/c1-13(2,15)8-10-16-9-7-11-5-3-4-6-12(11)14/h3-6,16H,7-10,15H2,1-2H3. The Morgan fingerprint density at radius 1 is 1.25 bits per heavy atom. The summed E-state index contributed by atoms with van der Waals surface area (Å²) in [5.74, 6) is -0.122. The molecular formula is C13H21FN2. The van der Waals surface area contributed by atoms with Crippen LogP contribution in [0.25, 0.3) is 0 Å². The summed E-state index contributed by atoms with van der Waals surface area (Å²) in [6.07, 6.45) is 1.64. The van der Waals surface area contributed by atoms with Crippen molar-refractivity contribution in [3.05, 3.63) is 35.6 Å². The van der Waals surface area contributed by atoms with Gasteiger partial charge < -0.3 is 11.1 Å². The summed E-state index contributed by atoms with van der Waals surface area (Å²) in [4.78, 5) is 0. The van der Waals surface area contributed by atoms with Gasteiger partial charge in [-0.05, 0) is 51.4 Å². The van der Waals surface area contributed by atoms with E-state index in [1.165, 1.54) is 6.07 Å². The van der Waals surface area contributed by atoms with E-state index >= 15 is 0 Å². The van der Waals surface area contributed by atoms with Crippen LogP contribution >= 0.6 is 0 Å². The molecule has 2 nitrogen and oxygen atoms in total. The summed E-state index contributed by atoms with van der Waals surface area (Å²) >= 11 is 0. The maximum absolute atomic E-state index is 13.2. The minimum Gasteiger partial charge on any atom is -0.326 e. The molecule has 3 heteroatoms. The van der Waals surface area contributed by atoms with Gasteiger partial charge in [-0.1, -0.05) is 18.2 Å². The lowest BCUT2D eigenvalue weighted by Gasteiger charge is -2.18. The highest BCUT2D eigenvalue weighted by Gasteiger charge is 2.08. The molecule has 0 radical (unpaired) electrons. The van der Waals surface area contributed by atoms with Crippen LogP contribution in [0.2, 0.25) is 0 Å². The monoisotopic (exact) mass is 224 g/mol. The Morgan fingerprint density at radius 3 is 2.56 bits per heavy atom. The summed E-state index contributed by atoms with van der Waals surface area (Å²) < 4.78 is 13.2. The fourth-order valence-corrected chi connectivity index (χ4v) is 1.46. The summed E-state index contributed by atoms with van der Waals surface area (Å²) in [7, 11) is 0. The Hall–Kier alpha value is -0.930. The minimum atomic E-state index is -0.134. The summed E-state index contributed by atoms with van der Waals surface area (Å²) in [6.45, 7) is 5.67. The van der Waals surface area contributed by atoms with Crippen LogP contribution in [0.5, 0.6) is 0 Å². The van der Waals surface area contributed by atoms with Crippen LogP contribution < -0.4 is 11.1 Å². The Kier molecular flexibility index (Phi) is 4.90. The first-order valence-corrected chi connectivity index (χ1v) is 5.72. The molecular weight excluding hydrogens is 203 g/mol. The second kappa shape index (κ2) is 5.97. The second-order valence-corrected chi connectivity index (χ2v) is 4.83. The smallest absolute Gasteiger partial charge is 0.126 e. The Bertz CT molecular complexity index is 318.